The van der Waals surface area contributed by atoms with Crippen molar-refractivity contribution < 1.29 is 53.3 Å². The van der Waals surface area contributed by atoms with Crippen LogP contribution in [0, 0.1) is 13.0 Å². The van der Waals surface area contributed by atoms with E-state index in [-0.39, 0.29) is 6.61 Å². The number of aliphatic hydroxyl groups excluding tert-OH is 1. The van der Waals surface area contributed by atoms with Crippen LogP contribution in [0.5, 0.6) is 11.5 Å². The average Bonchev–Trinajstić information content (AvgIpc) is 2.55. The van der Waals surface area contributed by atoms with E-state index in [9.17, 15) is 22.7 Å². The van der Waals surface area contributed by atoms with Gasteiger partial charge in [-0.05, 0) is 29.8 Å². The monoisotopic (exact) mass is 457 g/mol. The Kier molecular flexibility index (Phi) is 5.92. The zero-order chi connectivity index (χ0) is 17.9. The van der Waals surface area contributed by atoms with E-state index in [4.69, 9.17) is 9.47 Å². The summed E-state index contributed by atoms with van der Waals surface area (Å²) in [6, 6.07) is 6.18. The first-order valence-electron chi connectivity index (χ1n) is 6.67. The minimum Gasteiger partial charge on any atom is -0.492 e. The van der Waals surface area contributed by atoms with E-state index < -0.39 is 38.8 Å². The van der Waals surface area contributed by atoms with Crippen LogP contribution in [-0.4, -0.2) is 19.3 Å². The summed E-state index contributed by atoms with van der Waals surface area (Å²) in [4.78, 5) is 0. The summed E-state index contributed by atoms with van der Waals surface area (Å²) in [6.07, 6.45) is -4.75. The van der Waals surface area contributed by atoms with Crippen molar-refractivity contribution in [3.05, 3.63) is 54.4 Å². The van der Waals surface area contributed by atoms with Crippen molar-refractivity contribution in [2.24, 2.45) is 0 Å². The van der Waals surface area contributed by atoms with E-state index in [1.54, 1.807) is 12.1 Å². The maximum atomic E-state index is 13.4. The van der Waals surface area contributed by atoms with Crippen LogP contribution in [0.25, 0.3) is 0 Å². The molecule has 0 bridgehead atoms. The highest BCUT2D eigenvalue weighted by molar-refractivity contribution is 5.37. The molecule has 2 aromatic rings. The molecule has 0 radical (unpaired) electrons. The standard InChI is InChI=1S/C16H14F4IO3/c1-23-13-5-9(8-22)6-14(24-2)15(13)21-10-3-4-12(17)11(7-10)16(18,19)20/h3-7,22H,8H2,1-2H3/q+1. The third kappa shape index (κ3) is 4.10. The van der Waals surface area contributed by atoms with Gasteiger partial charge in [-0.25, -0.2) is 4.39 Å². The number of methoxy groups -OCH3 is 2. The Balaban J connectivity index is 2.48. The van der Waals surface area contributed by atoms with E-state index in [1.165, 1.54) is 20.3 Å². The van der Waals surface area contributed by atoms with Gasteiger partial charge in [-0.1, -0.05) is 0 Å². The fourth-order valence-corrected chi connectivity index (χ4v) is 4.72. The minimum atomic E-state index is -4.75. The molecule has 1 N–H and O–H groups in total. The summed E-state index contributed by atoms with van der Waals surface area (Å²) < 4.78 is 63.5. The lowest BCUT2D eigenvalue weighted by Gasteiger charge is -2.09. The fourth-order valence-electron chi connectivity index (χ4n) is 1.99. The minimum absolute atomic E-state index is 0.222. The summed E-state index contributed by atoms with van der Waals surface area (Å²) in [6.45, 7) is -0.222. The predicted molar refractivity (Wildman–Crippen MR) is 74.3 cm³/mol. The second-order valence-corrected chi connectivity index (χ2v) is 7.55. The number of rotatable bonds is 5. The molecule has 8 heteroatoms. The number of alkyl halides is 3. The van der Waals surface area contributed by atoms with Crippen molar-refractivity contribution >= 4 is 0 Å². The van der Waals surface area contributed by atoms with Crippen LogP contribution in [0.4, 0.5) is 17.6 Å². The molecule has 0 aromatic heterocycles. The predicted octanol–water partition coefficient (Wildman–Crippen LogP) is 0.482. The van der Waals surface area contributed by atoms with Gasteiger partial charge in [-0.3, -0.25) is 0 Å². The molecule has 0 atom stereocenters. The fraction of sp³-hybridized carbons (Fsp3) is 0.250. The summed E-state index contributed by atoms with van der Waals surface area (Å²) in [5.41, 5.74) is -0.726. The molecule has 0 aliphatic carbocycles. The van der Waals surface area contributed by atoms with Gasteiger partial charge in [0.1, 0.15) is 5.82 Å². The summed E-state index contributed by atoms with van der Waals surface area (Å²) in [5, 5.41) is 9.25. The Morgan fingerprint density at radius 3 is 2.08 bits per heavy atom. The number of benzene rings is 2. The van der Waals surface area contributed by atoms with Crippen molar-refractivity contribution in [1.29, 1.82) is 0 Å². The lowest BCUT2D eigenvalue weighted by Crippen LogP contribution is -3.61. The van der Waals surface area contributed by atoms with Gasteiger partial charge in [0.25, 0.3) is 3.57 Å². The molecule has 0 aliphatic heterocycles. The van der Waals surface area contributed by atoms with Crippen LogP contribution in [0.3, 0.4) is 0 Å². The zero-order valence-corrected chi connectivity index (χ0v) is 14.9. The first-order chi connectivity index (χ1) is 11.3. The van der Waals surface area contributed by atoms with Crippen LogP contribution in [-0.2, 0) is 12.8 Å². The Labute approximate surface area is 146 Å². The van der Waals surface area contributed by atoms with Crippen molar-refractivity contribution in [1.82, 2.24) is 0 Å². The maximum Gasteiger partial charge on any atom is 0.419 e. The van der Waals surface area contributed by atoms with Crippen molar-refractivity contribution in [2.75, 3.05) is 14.2 Å². The number of hydrogen-bond acceptors (Lipinski definition) is 3. The van der Waals surface area contributed by atoms with Crippen LogP contribution < -0.4 is 30.7 Å². The molecule has 0 heterocycles. The maximum absolute atomic E-state index is 13.4. The Morgan fingerprint density at radius 2 is 1.62 bits per heavy atom. The Hall–Kier alpha value is -1.55. The quantitative estimate of drug-likeness (QED) is 0.525. The lowest BCUT2D eigenvalue weighted by molar-refractivity contribution is -0.599. The number of hydrogen-bond donors (Lipinski definition) is 1. The van der Waals surface area contributed by atoms with Crippen molar-refractivity contribution in [2.45, 2.75) is 12.8 Å². The van der Waals surface area contributed by atoms with Gasteiger partial charge >= 0.3 is 27.4 Å². The van der Waals surface area contributed by atoms with Gasteiger partial charge < -0.3 is 14.6 Å². The first kappa shape index (κ1) is 18.8. The summed E-state index contributed by atoms with van der Waals surface area (Å²) in [5.74, 6) is -0.460. The molecule has 0 saturated heterocycles. The largest absolute Gasteiger partial charge is 0.492 e. The first-order valence-corrected chi connectivity index (χ1v) is 8.83. The Bertz CT molecular complexity index is 707. The molecule has 130 valence electrons. The molecule has 24 heavy (non-hydrogen) atoms. The smallest absolute Gasteiger partial charge is 0.419 e. The highest BCUT2D eigenvalue weighted by Crippen LogP contribution is 2.31. The second-order valence-electron chi connectivity index (χ2n) is 4.69. The van der Waals surface area contributed by atoms with E-state index in [0.717, 1.165) is 12.1 Å². The van der Waals surface area contributed by atoms with Gasteiger partial charge in [-0.15, -0.1) is 0 Å². The highest BCUT2D eigenvalue weighted by Gasteiger charge is 2.37. The third-order valence-electron chi connectivity index (χ3n) is 3.13. The lowest BCUT2D eigenvalue weighted by atomic mass is 10.2. The van der Waals surface area contributed by atoms with Gasteiger partial charge in [0.2, 0.25) is 0 Å². The molecular formula is C16H14F4IO3+. The topological polar surface area (TPSA) is 38.7 Å². The van der Waals surface area contributed by atoms with Crippen LogP contribution in [0.2, 0.25) is 0 Å². The number of ether oxygens (including phenoxy) is 2. The molecule has 0 amide bonds. The Morgan fingerprint density at radius 1 is 1.04 bits per heavy atom. The number of aliphatic hydroxyl groups is 1. The van der Waals surface area contributed by atoms with Crippen molar-refractivity contribution in [3.63, 3.8) is 0 Å². The molecule has 3 nitrogen and oxygen atoms in total. The molecule has 0 unspecified atom stereocenters. The van der Waals surface area contributed by atoms with E-state index in [2.05, 4.69) is 0 Å². The van der Waals surface area contributed by atoms with E-state index >= 15 is 0 Å². The third-order valence-corrected chi connectivity index (χ3v) is 6.02. The summed E-state index contributed by atoms with van der Waals surface area (Å²) >= 11 is -1.12. The normalized spacial score (nSPS) is 11.5. The molecule has 0 saturated carbocycles. The van der Waals surface area contributed by atoms with Crippen molar-refractivity contribution in [3.8, 4) is 11.5 Å². The van der Waals surface area contributed by atoms with Gasteiger partial charge in [-0.2, -0.15) is 13.2 Å². The van der Waals surface area contributed by atoms with Gasteiger partial charge in [0, 0.05) is 6.07 Å². The molecule has 2 aromatic carbocycles. The average molecular weight is 457 g/mol. The molecule has 2 rings (SSSR count). The number of halogens is 5. The van der Waals surface area contributed by atoms with Crippen LogP contribution >= 0.6 is 0 Å². The highest BCUT2D eigenvalue weighted by atomic mass is 127. The van der Waals surface area contributed by atoms with E-state index in [0.29, 0.717) is 24.2 Å². The molecule has 0 spiro atoms. The molecular weight excluding hydrogens is 443 g/mol. The van der Waals surface area contributed by atoms with Gasteiger partial charge in [0.15, 0.2) is 15.1 Å². The molecule has 0 fully saturated rings. The zero-order valence-electron chi connectivity index (χ0n) is 12.7. The molecule has 0 aliphatic rings. The van der Waals surface area contributed by atoms with Crippen LogP contribution in [0.1, 0.15) is 11.1 Å². The second kappa shape index (κ2) is 7.56. The van der Waals surface area contributed by atoms with Gasteiger partial charge in [0.05, 0.1) is 26.4 Å². The van der Waals surface area contributed by atoms with E-state index in [1.807, 2.05) is 0 Å². The van der Waals surface area contributed by atoms with Crippen LogP contribution in [0.15, 0.2) is 30.3 Å². The SMILES string of the molecule is COc1cc(CO)cc(OC)c1[I+]c1ccc(F)c(C(F)(F)F)c1. The summed E-state index contributed by atoms with van der Waals surface area (Å²) in [7, 11) is 2.85.